The van der Waals surface area contributed by atoms with E-state index in [-0.39, 0.29) is 11.8 Å². The number of amides is 1. The van der Waals surface area contributed by atoms with Gasteiger partial charge in [-0.25, -0.2) is 0 Å². The van der Waals surface area contributed by atoms with E-state index in [1.165, 1.54) is 12.0 Å². The standard InChI is InChI=1S/C18H28N2O2/c1-20(2)13-16-11-7-6-10-15(16)12-19-18(22)17(21)14-8-4-3-5-9-14/h6-7,10-11,14,17,21H,3-5,8-9,12-13H2,1-2H3,(H,19,22)/t17-/m1/s1. The molecule has 1 aliphatic rings. The second kappa shape index (κ2) is 8.30. The third-order valence-corrected chi connectivity index (χ3v) is 4.42. The maximum absolute atomic E-state index is 12.2. The summed E-state index contributed by atoms with van der Waals surface area (Å²) in [7, 11) is 4.06. The van der Waals surface area contributed by atoms with Gasteiger partial charge in [-0.2, -0.15) is 0 Å². The Kier molecular flexibility index (Phi) is 6.40. The van der Waals surface area contributed by atoms with Crippen molar-refractivity contribution >= 4 is 5.91 Å². The Morgan fingerprint density at radius 1 is 1.23 bits per heavy atom. The first-order chi connectivity index (χ1) is 10.6. The summed E-state index contributed by atoms with van der Waals surface area (Å²) >= 11 is 0. The molecule has 0 unspecified atom stereocenters. The monoisotopic (exact) mass is 304 g/mol. The number of carbonyl (C=O) groups excluding carboxylic acids is 1. The largest absolute Gasteiger partial charge is 0.383 e. The highest BCUT2D eigenvalue weighted by atomic mass is 16.3. The van der Waals surface area contributed by atoms with Crippen molar-refractivity contribution in [3.8, 4) is 0 Å². The summed E-state index contributed by atoms with van der Waals surface area (Å²) in [6.07, 6.45) is 4.54. The van der Waals surface area contributed by atoms with Crippen molar-refractivity contribution < 1.29 is 9.90 Å². The van der Waals surface area contributed by atoms with Crippen LogP contribution in [-0.4, -0.2) is 36.1 Å². The zero-order valence-electron chi connectivity index (χ0n) is 13.7. The van der Waals surface area contributed by atoms with E-state index < -0.39 is 6.10 Å². The fourth-order valence-corrected chi connectivity index (χ4v) is 3.18. The van der Waals surface area contributed by atoms with Gasteiger partial charge < -0.3 is 15.3 Å². The number of rotatable bonds is 6. The van der Waals surface area contributed by atoms with Crippen molar-refractivity contribution in [1.29, 1.82) is 0 Å². The van der Waals surface area contributed by atoms with Crippen molar-refractivity contribution in [2.45, 2.75) is 51.3 Å². The zero-order valence-corrected chi connectivity index (χ0v) is 13.7. The first-order valence-electron chi connectivity index (χ1n) is 8.25. The topological polar surface area (TPSA) is 52.6 Å². The van der Waals surface area contributed by atoms with E-state index in [0.29, 0.717) is 6.54 Å². The van der Waals surface area contributed by atoms with Gasteiger partial charge in [0.2, 0.25) is 5.91 Å². The predicted molar refractivity (Wildman–Crippen MR) is 88.3 cm³/mol. The minimum Gasteiger partial charge on any atom is -0.383 e. The molecule has 0 radical (unpaired) electrons. The van der Waals surface area contributed by atoms with E-state index in [0.717, 1.165) is 37.8 Å². The molecule has 0 bridgehead atoms. The van der Waals surface area contributed by atoms with Gasteiger partial charge in [0, 0.05) is 13.1 Å². The Bertz CT molecular complexity index is 482. The number of nitrogens with one attached hydrogen (secondary N) is 1. The lowest BCUT2D eigenvalue weighted by molar-refractivity contribution is -0.132. The van der Waals surface area contributed by atoms with E-state index in [1.54, 1.807) is 0 Å². The number of hydrogen-bond donors (Lipinski definition) is 2. The number of benzene rings is 1. The molecule has 0 aliphatic heterocycles. The van der Waals surface area contributed by atoms with Gasteiger partial charge in [0.25, 0.3) is 0 Å². The molecule has 1 aliphatic carbocycles. The Morgan fingerprint density at radius 3 is 2.50 bits per heavy atom. The molecule has 1 atom stereocenters. The second-order valence-corrected chi connectivity index (χ2v) is 6.57. The molecule has 1 aromatic carbocycles. The Balaban J connectivity index is 1.90. The molecule has 22 heavy (non-hydrogen) atoms. The van der Waals surface area contributed by atoms with E-state index in [2.05, 4.69) is 16.3 Å². The third-order valence-electron chi connectivity index (χ3n) is 4.42. The van der Waals surface area contributed by atoms with Gasteiger partial charge >= 0.3 is 0 Å². The molecular weight excluding hydrogens is 276 g/mol. The first kappa shape index (κ1) is 17.0. The van der Waals surface area contributed by atoms with Gasteiger partial charge in [-0.1, -0.05) is 43.5 Å². The van der Waals surface area contributed by atoms with Crippen LogP contribution in [0.4, 0.5) is 0 Å². The average molecular weight is 304 g/mol. The Hall–Kier alpha value is -1.39. The summed E-state index contributed by atoms with van der Waals surface area (Å²) in [6.45, 7) is 1.32. The van der Waals surface area contributed by atoms with Crippen LogP contribution in [0.1, 0.15) is 43.2 Å². The fourth-order valence-electron chi connectivity index (χ4n) is 3.18. The number of hydrogen-bond acceptors (Lipinski definition) is 3. The number of aliphatic hydroxyl groups excluding tert-OH is 1. The van der Waals surface area contributed by atoms with E-state index in [4.69, 9.17) is 0 Å². The van der Waals surface area contributed by atoms with Crippen LogP contribution >= 0.6 is 0 Å². The van der Waals surface area contributed by atoms with Crippen molar-refractivity contribution in [3.05, 3.63) is 35.4 Å². The molecule has 1 aromatic rings. The highest BCUT2D eigenvalue weighted by Crippen LogP contribution is 2.26. The Labute approximate surface area is 133 Å². The lowest BCUT2D eigenvalue weighted by atomic mass is 9.85. The molecule has 1 saturated carbocycles. The summed E-state index contributed by atoms with van der Waals surface area (Å²) in [4.78, 5) is 14.3. The molecule has 4 heteroatoms. The van der Waals surface area contributed by atoms with Crippen LogP contribution in [0.15, 0.2) is 24.3 Å². The lowest BCUT2D eigenvalue weighted by Gasteiger charge is -2.26. The summed E-state index contributed by atoms with van der Waals surface area (Å²) in [5.74, 6) is -0.0997. The first-order valence-corrected chi connectivity index (χ1v) is 8.25. The van der Waals surface area contributed by atoms with Gasteiger partial charge in [-0.15, -0.1) is 0 Å². The predicted octanol–water partition coefficient (Wildman–Crippen LogP) is 2.31. The summed E-state index contributed by atoms with van der Waals surface area (Å²) in [5.41, 5.74) is 2.32. The number of aliphatic hydroxyl groups is 1. The molecule has 122 valence electrons. The molecular formula is C18H28N2O2. The van der Waals surface area contributed by atoms with E-state index in [1.807, 2.05) is 32.3 Å². The van der Waals surface area contributed by atoms with Crippen LogP contribution < -0.4 is 5.32 Å². The summed E-state index contributed by atoms with van der Waals surface area (Å²) in [5, 5.41) is 13.1. The lowest BCUT2D eigenvalue weighted by Crippen LogP contribution is -2.39. The molecule has 2 N–H and O–H groups in total. The SMILES string of the molecule is CN(C)Cc1ccccc1CNC(=O)[C@H](O)C1CCCCC1. The van der Waals surface area contributed by atoms with Crippen molar-refractivity contribution in [2.75, 3.05) is 14.1 Å². The van der Waals surface area contributed by atoms with Crippen LogP contribution in [-0.2, 0) is 17.9 Å². The summed E-state index contributed by atoms with van der Waals surface area (Å²) < 4.78 is 0. The molecule has 0 aromatic heterocycles. The smallest absolute Gasteiger partial charge is 0.249 e. The van der Waals surface area contributed by atoms with Gasteiger partial charge in [0.1, 0.15) is 6.10 Å². The van der Waals surface area contributed by atoms with Gasteiger partial charge in [0.15, 0.2) is 0 Å². The number of carbonyl (C=O) groups is 1. The van der Waals surface area contributed by atoms with Crippen LogP contribution in [0.2, 0.25) is 0 Å². The van der Waals surface area contributed by atoms with Crippen molar-refractivity contribution in [3.63, 3.8) is 0 Å². The third kappa shape index (κ3) is 4.82. The van der Waals surface area contributed by atoms with Gasteiger partial charge in [-0.3, -0.25) is 4.79 Å². The Morgan fingerprint density at radius 2 is 1.86 bits per heavy atom. The fraction of sp³-hybridized carbons (Fsp3) is 0.611. The van der Waals surface area contributed by atoms with E-state index in [9.17, 15) is 9.90 Å². The second-order valence-electron chi connectivity index (χ2n) is 6.57. The molecule has 0 saturated heterocycles. The van der Waals surface area contributed by atoms with Crippen LogP contribution in [0.5, 0.6) is 0 Å². The maximum Gasteiger partial charge on any atom is 0.249 e. The molecule has 4 nitrogen and oxygen atoms in total. The minimum atomic E-state index is -0.860. The number of nitrogens with zero attached hydrogens (tertiary/aromatic N) is 1. The minimum absolute atomic E-state index is 0.130. The average Bonchev–Trinajstić information content (AvgIpc) is 2.53. The quantitative estimate of drug-likeness (QED) is 0.848. The van der Waals surface area contributed by atoms with Gasteiger partial charge in [0.05, 0.1) is 0 Å². The normalized spacial score (nSPS) is 17.5. The molecule has 1 fully saturated rings. The molecule has 2 rings (SSSR count). The molecule has 0 heterocycles. The molecule has 1 amide bonds. The maximum atomic E-state index is 12.2. The van der Waals surface area contributed by atoms with Crippen LogP contribution in [0.25, 0.3) is 0 Å². The summed E-state index contributed by atoms with van der Waals surface area (Å²) in [6, 6.07) is 8.12. The van der Waals surface area contributed by atoms with E-state index >= 15 is 0 Å². The van der Waals surface area contributed by atoms with Crippen molar-refractivity contribution in [2.24, 2.45) is 5.92 Å². The zero-order chi connectivity index (χ0) is 15.9. The van der Waals surface area contributed by atoms with Crippen LogP contribution in [0.3, 0.4) is 0 Å². The van der Waals surface area contributed by atoms with Crippen LogP contribution in [0, 0.1) is 5.92 Å². The highest BCUT2D eigenvalue weighted by molar-refractivity contribution is 5.80. The van der Waals surface area contributed by atoms with Gasteiger partial charge in [-0.05, 0) is 44.0 Å². The molecule has 0 spiro atoms. The highest BCUT2D eigenvalue weighted by Gasteiger charge is 2.27. The van der Waals surface area contributed by atoms with Crippen molar-refractivity contribution in [1.82, 2.24) is 10.2 Å².